The number of rotatable bonds is 5. The summed E-state index contributed by atoms with van der Waals surface area (Å²) >= 11 is 0. The first-order valence-electron chi connectivity index (χ1n) is 15.2. The van der Waals surface area contributed by atoms with Gasteiger partial charge in [0, 0.05) is 23.0 Å². The predicted octanol–water partition coefficient (Wildman–Crippen LogP) is 9.26. The smallest absolute Gasteiger partial charge is 0.367 e. The van der Waals surface area contributed by atoms with Crippen molar-refractivity contribution in [1.29, 1.82) is 0 Å². The summed E-state index contributed by atoms with van der Waals surface area (Å²) in [4.78, 5) is 3.77. The van der Waals surface area contributed by atoms with Gasteiger partial charge in [-0.1, -0.05) is 74.0 Å². The fraction of sp³-hybridized carbons (Fsp3) is 0.676. The summed E-state index contributed by atoms with van der Waals surface area (Å²) in [5.74, 6) is -0.121. The normalized spacial score (nSPS) is 27.7. The average molecular weight is 591 g/mol. The minimum atomic E-state index is -4.54. The standard InChI is InChI=1S/C34H49F3N2O3/c1-20(2)28(39-40)26-27(25-21(3)17-31(7,8)18-23(25)41-32(9,10)30(4,5)6)33(15-11-12-16-33)42-29(26)22-13-14-24(38-19-22)34(35,36)37/h13-14,19-20,23,29,39-40H,3,11-12,15-18H2,1-2,4-10H3/b27-25-,28-26+/t23?,29-/m1/s1. The van der Waals surface area contributed by atoms with E-state index in [4.69, 9.17) is 9.47 Å². The number of hydroxylamine groups is 1. The third-order valence-electron chi connectivity index (χ3n) is 9.75. The summed E-state index contributed by atoms with van der Waals surface area (Å²) in [6.07, 6.45) is 0.741. The number of halogens is 3. The topological polar surface area (TPSA) is 63.6 Å². The van der Waals surface area contributed by atoms with Gasteiger partial charge in [-0.05, 0) is 79.1 Å². The molecule has 2 atom stereocenters. The Morgan fingerprint density at radius 2 is 1.74 bits per heavy atom. The molecule has 5 nitrogen and oxygen atoms in total. The molecule has 1 aromatic heterocycles. The SMILES string of the molecule is C=C1CC(C)(C)CC(OC(C)(C)C(C)(C)C)/C1=C1/C(=C(\NO)C(C)C)[C@@H](c2ccc(C(F)(F)F)nc2)OC12CCCC2. The maximum Gasteiger partial charge on any atom is 0.433 e. The lowest BCUT2D eigenvalue weighted by Crippen LogP contribution is -2.46. The number of hydrogen-bond donors (Lipinski definition) is 2. The zero-order chi connectivity index (χ0) is 31.5. The number of nitrogens with one attached hydrogen (secondary N) is 1. The molecule has 0 bridgehead atoms. The van der Waals surface area contributed by atoms with Gasteiger partial charge in [-0.25, -0.2) is 0 Å². The Labute approximate surface area is 249 Å². The quantitative estimate of drug-likeness (QED) is 0.335. The molecule has 3 fully saturated rings. The van der Waals surface area contributed by atoms with E-state index in [1.165, 1.54) is 12.3 Å². The van der Waals surface area contributed by atoms with Gasteiger partial charge in [-0.2, -0.15) is 13.2 Å². The van der Waals surface area contributed by atoms with Gasteiger partial charge in [0.05, 0.1) is 17.3 Å². The van der Waals surface area contributed by atoms with Gasteiger partial charge in [0.1, 0.15) is 11.8 Å². The molecule has 0 amide bonds. The number of aromatic nitrogens is 1. The van der Waals surface area contributed by atoms with E-state index in [1.54, 1.807) is 0 Å². The lowest BCUT2D eigenvalue weighted by atomic mass is 9.67. The maximum absolute atomic E-state index is 13.4. The predicted molar refractivity (Wildman–Crippen MR) is 159 cm³/mol. The van der Waals surface area contributed by atoms with Gasteiger partial charge in [-0.15, -0.1) is 0 Å². The van der Waals surface area contributed by atoms with Crippen LogP contribution in [0, 0.1) is 16.7 Å². The number of ether oxygens (including phenoxy) is 2. The molecular weight excluding hydrogens is 541 g/mol. The average Bonchev–Trinajstić information content (AvgIpc) is 3.43. The summed E-state index contributed by atoms with van der Waals surface area (Å²) in [5.41, 5.74) is 5.01. The van der Waals surface area contributed by atoms with Gasteiger partial charge >= 0.3 is 6.18 Å². The molecule has 2 heterocycles. The Kier molecular flexibility index (Phi) is 8.64. The van der Waals surface area contributed by atoms with E-state index in [9.17, 15) is 18.4 Å². The highest BCUT2D eigenvalue weighted by Gasteiger charge is 2.55. The molecule has 0 radical (unpaired) electrons. The van der Waals surface area contributed by atoms with E-state index in [0.29, 0.717) is 11.3 Å². The van der Waals surface area contributed by atoms with Crippen molar-refractivity contribution in [3.8, 4) is 0 Å². The third kappa shape index (κ3) is 6.09. The number of alkyl halides is 3. The highest BCUT2D eigenvalue weighted by atomic mass is 19.4. The molecule has 3 aliphatic rings. The summed E-state index contributed by atoms with van der Waals surface area (Å²) < 4.78 is 54.3. The highest BCUT2D eigenvalue weighted by molar-refractivity contribution is 5.59. The molecule has 234 valence electrons. The Hall–Kier alpha value is -2.16. The molecule has 1 aromatic rings. The summed E-state index contributed by atoms with van der Waals surface area (Å²) in [7, 11) is 0. The van der Waals surface area contributed by atoms with Gasteiger partial charge in [0.25, 0.3) is 0 Å². The third-order valence-corrected chi connectivity index (χ3v) is 9.75. The zero-order valence-electron chi connectivity index (χ0n) is 26.8. The Balaban J connectivity index is 2.02. The van der Waals surface area contributed by atoms with Crippen LogP contribution in [0.4, 0.5) is 13.2 Å². The van der Waals surface area contributed by atoms with Gasteiger partial charge in [0.15, 0.2) is 0 Å². The van der Waals surface area contributed by atoms with E-state index in [1.807, 2.05) is 13.8 Å². The highest BCUT2D eigenvalue weighted by Crippen LogP contribution is 2.60. The lowest BCUT2D eigenvalue weighted by molar-refractivity contribution is -0.141. The van der Waals surface area contributed by atoms with Crippen LogP contribution in [0.3, 0.4) is 0 Å². The maximum atomic E-state index is 13.4. The lowest BCUT2D eigenvalue weighted by Gasteiger charge is -2.47. The number of hydrogen-bond acceptors (Lipinski definition) is 5. The van der Waals surface area contributed by atoms with Gasteiger partial charge in [-0.3, -0.25) is 15.7 Å². The van der Waals surface area contributed by atoms with E-state index >= 15 is 0 Å². The summed E-state index contributed by atoms with van der Waals surface area (Å²) in [6.45, 7) is 23.8. The number of pyridine rings is 1. The van der Waals surface area contributed by atoms with Crippen molar-refractivity contribution in [2.45, 2.75) is 130 Å². The van der Waals surface area contributed by atoms with E-state index < -0.39 is 29.2 Å². The molecule has 42 heavy (non-hydrogen) atoms. The van der Waals surface area contributed by atoms with Gasteiger partial charge < -0.3 is 9.47 Å². The molecule has 0 aromatic carbocycles. The summed E-state index contributed by atoms with van der Waals surface area (Å²) in [6, 6.07) is 2.45. The summed E-state index contributed by atoms with van der Waals surface area (Å²) in [5, 5.41) is 10.5. The van der Waals surface area contributed by atoms with Crippen LogP contribution in [-0.2, 0) is 15.7 Å². The van der Waals surface area contributed by atoms with Gasteiger partial charge in [0.2, 0.25) is 0 Å². The van der Waals surface area contributed by atoms with Crippen molar-refractivity contribution in [3.63, 3.8) is 0 Å². The van der Waals surface area contributed by atoms with Crippen molar-refractivity contribution >= 4 is 0 Å². The molecular formula is C34H49F3N2O3. The minimum Gasteiger partial charge on any atom is -0.367 e. The minimum absolute atomic E-state index is 0.0429. The molecule has 4 rings (SSSR count). The first-order valence-corrected chi connectivity index (χ1v) is 15.2. The second-order valence-electron chi connectivity index (χ2n) is 15.1. The first-order chi connectivity index (χ1) is 19.2. The van der Waals surface area contributed by atoms with Crippen LogP contribution < -0.4 is 5.48 Å². The Morgan fingerprint density at radius 1 is 1.12 bits per heavy atom. The molecule has 2 saturated carbocycles. The van der Waals surface area contributed by atoms with E-state index in [0.717, 1.165) is 66.9 Å². The fourth-order valence-corrected chi connectivity index (χ4v) is 6.71. The van der Waals surface area contributed by atoms with Crippen LogP contribution in [0.15, 0.2) is 52.9 Å². The Morgan fingerprint density at radius 3 is 2.21 bits per heavy atom. The second kappa shape index (κ2) is 11.1. The second-order valence-corrected chi connectivity index (χ2v) is 15.1. The van der Waals surface area contributed by atoms with Crippen molar-refractivity contribution < 1.29 is 27.9 Å². The van der Waals surface area contributed by atoms with Crippen LogP contribution in [0.2, 0.25) is 0 Å². The fourth-order valence-electron chi connectivity index (χ4n) is 6.71. The Bertz CT molecular complexity index is 1240. The van der Waals surface area contributed by atoms with Crippen LogP contribution in [0.1, 0.15) is 118 Å². The molecule has 1 saturated heterocycles. The van der Waals surface area contributed by atoms with Crippen molar-refractivity contribution in [1.82, 2.24) is 10.5 Å². The molecule has 1 unspecified atom stereocenters. The molecule has 2 aliphatic carbocycles. The largest absolute Gasteiger partial charge is 0.433 e. The molecule has 2 N–H and O–H groups in total. The van der Waals surface area contributed by atoms with E-state index in [2.05, 4.69) is 65.5 Å². The zero-order valence-corrected chi connectivity index (χ0v) is 26.8. The van der Waals surface area contributed by atoms with E-state index in [-0.39, 0.29) is 22.9 Å². The van der Waals surface area contributed by atoms with Crippen LogP contribution in [0.25, 0.3) is 0 Å². The van der Waals surface area contributed by atoms with Crippen molar-refractivity contribution in [3.05, 3.63) is 64.2 Å². The first kappa shape index (κ1) is 32.7. The van der Waals surface area contributed by atoms with Crippen LogP contribution >= 0.6 is 0 Å². The van der Waals surface area contributed by atoms with Crippen LogP contribution in [0.5, 0.6) is 0 Å². The number of nitrogens with zero attached hydrogens (tertiary/aromatic N) is 1. The number of allylic oxidation sites excluding steroid dienone is 1. The monoisotopic (exact) mass is 590 g/mol. The van der Waals surface area contributed by atoms with Crippen molar-refractivity contribution in [2.75, 3.05) is 0 Å². The van der Waals surface area contributed by atoms with Crippen molar-refractivity contribution in [2.24, 2.45) is 16.7 Å². The molecule has 1 aliphatic heterocycles. The molecule has 8 heteroatoms. The molecule has 1 spiro atoms. The van der Waals surface area contributed by atoms with Crippen LogP contribution in [-0.4, -0.2) is 27.5 Å².